The number of carboxylic acid groups (broad SMARTS) is 1. The highest BCUT2D eigenvalue weighted by molar-refractivity contribution is 5.83. The van der Waals surface area contributed by atoms with Gasteiger partial charge in [-0.2, -0.15) is 0 Å². The molecule has 118 valence electrons. The van der Waals surface area contributed by atoms with Crippen molar-refractivity contribution in [2.75, 3.05) is 13.1 Å². The molecule has 8 nitrogen and oxygen atoms in total. The van der Waals surface area contributed by atoms with E-state index in [0.29, 0.717) is 25.4 Å². The van der Waals surface area contributed by atoms with E-state index in [1.54, 1.807) is 0 Å². The lowest BCUT2D eigenvalue weighted by Gasteiger charge is -2.21. The third-order valence-electron chi connectivity index (χ3n) is 3.62. The van der Waals surface area contributed by atoms with Crippen molar-refractivity contribution in [3.63, 3.8) is 0 Å². The van der Waals surface area contributed by atoms with Crippen LogP contribution in [0.3, 0.4) is 0 Å². The standard InChI is InChI=1S/C13H21N3O5/c17-9-6-10(12(19)20)16(7-9)13(21)14-5-1-2-11(18)15-8-3-4-8/h8-10,17H,1-7H2,(H,14,21)(H,15,18)(H,19,20)/t9-,10-/m1/s1. The number of likely N-dealkylation sites (tertiary alicyclic amines) is 1. The van der Waals surface area contributed by atoms with Gasteiger partial charge >= 0.3 is 12.0 Å². The summed E-state index contributed by atoms with van der Waals surface area (Å²) in [5, 5.41) is 23.9. The summed E-state index contributed by atoms with van der Waals surface area (Å²) in [4.78, 5) is 35.4. The molecule has 0 aromatic carbocycles. The van der Waals surface area contributed by atoms with E-state index in [0.717, 1.165) is 17.7 Å². The molecule has 0 bridgehead atoms. The molecular formula is C13H21N3O5. The van der Waals surface area contributed by atoms with Crippen molar-refractivity contribution in [1.82, 2.24) is 15.5 Å². The molecule has 0 unspecified atom stereocenters. The van der Waals surface area contributed by atoms with Gasteiger partial charge in [0.05, 0.1) is 6.10 Å². The molecule has 21 heavy (non-hydrogen) atoms. The van der Waals surface area contributed by atoms with Crippen molar-refractivity contribution in [2.24, 2.45) is 0 Å². The summed E-state index contributed by atoms with van der Waals surface area (Å²) >= 11 is 0. The second-order valence-electron chi connectivity index (χ2n) is 5.57. The van der Waals surface area contributed by atoms with E-state index in [9.17, 15) is 19.5 Å². The number of carbonyl (C=O) groups is 3. The molecule has 2 rings (SSSR count). The number of amides is 3. The van der Waals surface area contributed by atoms with E-state index in [1.165, 1.54) is 0 Å². The number of carboxylic acids is 1. The lowest BCUT2D eigenvalue weighted by atomic mass is 10.2. The maximum absolute atomic E-state index is 11.9. The maximum Gasteiger partial charge on any atom is 0.326 e. The first-order chi connectivity index (χ1) is 9.97. The van der Waals surface area contributed by atoms with E-state index >= 15 is 0 Å². The summed E-state index contributed by atoms with van der Waals surface area (Å²) in [7, 11) is 0. The summed E-state index contributed by atoms with van der Waals surface area (Å²) in [6.45, 7) is 0.320. The van der Waals surface area contributed by atoms with Gasteiger partial charge in [-0.25, -0.2) is 9.59 Å². The molecule has 8 heteroatoms. The number of carbonyl (C=O) groups excluding carboxylic acids is 2. The summed E-state index contributed by atoms with van der Waals surface area (Å²) in [5.74, 6) is -1.14. The molecular weight excluding hydrogens is 278 g/mol. The van der Waals surface area contributed by atoms with Crippen LogP contribution in [-0.4, -0.2) is 64.3 Å². The van der Waals surface area contributed by atoms with Crippen LogP contribution in [0.15, 0.2) is 0 Å². The molecule has 0 aromatic rings. The first kappa shape index (κ1) is 15.6. The van der Waals surface area contributed by atoms with Crippen LogP contribution in [0.25, 0.3) is 0 Å². The number of nitrogens with zero attached hydrogens (tertiary/aromatic N) is 1. The Hall–Kier alpha value is -1.83. The highest BCUT2D eigenvalue weighted by atomic mass is 16.4. The topological polar surface area (TPSA) is 119 Å². The Morgan fingerprint density at radius 1 is 1.24 bits per heavy atom. The van der Waals surface area contributed by atoms with Crippen LogP contribution in [0.5, 0.6) is 0 Å². The van der Waals surface area contributed by atoms with E-state index in [1.807, 2.05) is 0 Å². The van der Waals surface area contributed by atoms with Gasteiger partial charge in [-0.3, -0.25) is 4.79 Å². The maximum atomic E-state index is 11.9. The first-order valence-electron chi connectivity index (χ1n) is 7.22. The van der Waals surface area contributed by atoms with Gasteiger partial charge in [0.2, 0.25) is 5.91 Å². The van der Waals surface area contributed by atoms with Crippen LogP contribution in [-0.2, 0) is 9.59 Å². The van der Waals surface area contributed by atoms with Crippen LogP contribution in [0.2, 0.25) is 0 Å². The van der Waals surface area contributed by atoms with Crippen molar-refractivity contribution in [3.8, 4) is 0 Å². The van der Waals surface area contributed by atoms with Gasteiger partial charge < -0.3 is 25.7 Å². The van der Waals surface area contributed by atoms with Gasteiger partial charge in [0.1, 0.15) is 6.04 Å². The van der Waals surface area contributed by atoms with Crippen molar-refractivity contribution in [2.45, 2.75) is 50.3 Å². The van der Waals surface area contributed by atoms with E-state index in [-0.39, 0.29) is 18.9 Å². The van der Waals surface area contributed by atoms with Gasteiger partial charge in [-0.1, -0.05) is 0 Å². The third-order valence-corrected chi connectivity index (χ3v) is 3.62. The normalized spacial score (nSPS) is 24.7. The minimum Gasteiger partial charge on any atom is -0.480 e. The number of nitrogens with one attached hydrogen (secondary N) is 2. The van der Waals surface area contributed by atoms with Crippen LogP contribution in [0.4, 0.5) is 4.79 Å². The zero-order chi connectivity index (χ0) is 15.4. The van der Waals surface area contributed by atoms with Gasteiger partial charge in [0.15, 0.2) is 0 Å². The molecule has 1 saturated heterocycles. The zero-order valence-electron chi connectivity index (χ0n) is 11.7. The van der Waals surface area contributed by atoms with Crippen LogP contribution < -0.4 is 10.6 Å². The molecule has 1 aliphatic heterocycles. The molecule has 2 atom stereocenters. The Bertz CT molecular complexity index is 424. The number of β-amino-alcohol motifs (C(OH)–C–C–N with tert-alkyl or cyclic N) is 1. The summed E-state index contributed by atoms with van der Waals surface area (Å²) in [6.07, 6.45) is 2.15. The first-order valence-corrected chi connectivity index (χ1v) is 7.22. The Balaban J connectivity index is 1.66. The fourth-order valence-electron chi connectivity index (χ4n) is 2.35. The predicted octanol–water partition coefficient (Wildman–Crippen LogP) is -0.725. The highest BCUT2D eigenvalue weighted by Crippen LogP contribution is 2.19. The second kappa shape index (κ2) is 6.75. The van der Waals surface area contributed by atoms with Crippen LogP contribution in [0, 0.1) is 0 Å². The van der Waals surface area contributed by atoms with Crippen molar-refractivity contribution in [3.05, 3.63) is 0 Å². The lowest BCUT2D eigenvalue weighted by Crippen LogP contribution is -2.46. The van der Waals surface area contributed by atoms with Gasteiger partial charge in [-0.05, 0) is 19.3 Å². The summed E-state index contributed by atoms with van der Waals surface area (Å²) in [6, 6.07) is -1.17. The molecule has 0 aromatic heterocycles. The quantitative estimate of drug-likeness (QED) is 0.482. The summed E-state index contributed by atoms with van der Waals surface area (Å²) < 4.78 is 0. The number of rotatable bonds is 6. The SMILES string of the molecule is O=C(CCCNC(=O)N1C[C@H](O)C[C@@H]1C(=O)O)NC1CC1. The predicted molar refractivity (Wildman–Crippen MR) is 72.6 cm³/mol. The van der Waals surface area contributed by atoms with Gasteiger partial charge in [0.25, 0.3) is 0 Å². The van der Waals surface area contributed by atoms with E-state index in [2.05, 4.69) is 10.6 Å². The van der Waals surface area contributed by atoms with Crippen LogP contribution >= 0.6 is 0 Å². The van der Waals surface area contributed by atoms with Crippen molar-refractivity contribution < 1.29 is 24.6 Å². The van der Waals surface area contributed by atoms with Gasteiger partial charge in [-0.15, -0.1) is 0 Å². The number of aliphatic hydroxyl groups is 1. The minimum absolute atomic E-state index is 0.0188. The fourth-order valence-corrected chi connectivity index (χ4v) is 2.35. The average Bonchev–Trinajstić information content (AvgIpc) is 3.13. The average molecular weight is 299 g/mol. The molecule has 0 spiro atoms. The van der Waals surface area contributed by atoms with Crippen molar-refractivity contribution in [1.29, 1.82) is 0 Å². The highest BCUT2D eigenvalue weighted by Gasteiger charge is 2.38. The fraction of sp³-hybridized carbons (Fsp3) is 0.769. The third kappa shape index (κ3) is 4.59. The Kier molecular flexibility index (Phi) is 5.00. The molecule has 4 N–H and O–H groups in total. The Labute approximate surface area is 122 Å². The zero-order valence-corrected chi connectivity index (χ0v) is 11.7. The molecule has 1 heterocycles. The number of hydrogen-bond donors (Lipinski definition) is 4. The lowest BCUT2D eigenvalue weighted by molar-refractivity contribution is -0.141. The number of hydrogen-bond acceptors (Lipinski definition) is 4. The second-order valence-corrected chi connectivity index (χ2v) is 5.57. The van der Waals surface area contributed by atoms with E-state index in [4.69, 9.17) is 5.11 Å². The molecule has 1 aliphatic carbocycles. The number of aliphatic hydroxyl groups excluding tert-OH is 1. The number of aliphatic carboxylic acids is 1. The van der Waals surface area contributed by atoms with E-state index < -0.39 is 24.1 Å². The largest absolute Gasteiger partial charge is 0.480 e. The monoisotopic (exact) mass is 299 g/mol. The van der Waals surface area contributed by atoms with Crippen LogP contribution in [0.1, 0.15) is 32.1 Å². The van der Waals surface area contributed by atoms with Crippen molar-refractivity contribution >= 4 is 17.9 Å². The molecule has 0 radical (unpaired) electrons. The van der Waals surface area contributed by atoms with Gasteiger partial charge in [0, 0.05) is 32.0 Å². The Morgan fingerprint density at radius 2 is 1.95 bits per heavy atom. The minimum atomic E-state index is -1.12. The molecule has 2 aliphatic rings. The number of urea groups is 1. The summed E-state index contributed by atoms with van der Waals surface area (Å²) in [5.41, 5.74) is 0. The molecule has 3 amide bonds. The Morgan fingerprint density at radius 3 is 2.57 bits per heavy atom. The molecule has 1 saturated carbocycles. The smallest absolute Gasteiger partial charge is 0.326 e. The molecule has 2 fully saturated rings.